The van der Waals surface area contributed by atoms with E-state index in [4.69, 9.17) is 9.47 Å². The molecule has 0 spiro atoms. The van der Waals surface area contributed by atoms with Gasteiger partial charge in [-0.05, 0) is 62.9 Å². The number of nitrogens with zero attached hydrogens (tertiary/aromatic N) is 1. The fraction of sp³-hybridized carbons (Fsp3) is 0.400. The molecular weight excluding hydrogens is 408 g/mol. The van der Waals surface area contributed by atoms with Gasteiger partial charge in [0.2, 0.25) is 5.91 Å². The third-order valence-corrected chi connectivity index (χ3v) is 5.47. The van der Waals surface area contributed by atoms with Crippen LogP contribution in [0.3, 0.4) is 0 Å². The molecule has 7 heteroatoms. The highest BCUT2D eigenvalue weighted by Gasteiger charge is 2.24. The van der Waals surface area contributed by atoms with Gasteiger partial charge in [-0.15, -0.1) is 0 Å². The van der Waals surface area contributed by atoms with Crippen molar-refractivity contribution < 1.29 is 23.9 Å². The predicted octanol–water partition coefficient (Wildman–Crippen LogP) is 3.88. The quantitative estimate of drug-likeness (QED) is 0.524. The topological polar surface area (TPSA) is 84.9 Å². The number of likely N-dealkylation sites (tertiary alicyclic amines) is 1. The molecule has 1 N–H and O–H groups in total. The Morgan fingerprint density at radius 2 is 1.78 bits per heavy atom. The molecule has 0 bridgehead atoms. The summed E-state index contributed by atoms with van der Waals surface area (Å²) in [5.41, 5.74) is 2.87. The van der Waals surface area contributed by atoms with Crippen LogP contribution in [0.15, 0.2) is 48.5 Å². The zero-order valence-electron chi connectivity index (χ0n) is 18.6. The lowest BCUT2D eigenvalue weighted by molar-refractivity contribution is -0.132. The number of carbonyl (C=O) groups excluding carboxylic acids is 3. The number of ether oxygens (including phenoxy) is 2. The van der Waals surface area contributed by atoms with Gasteiger partial charge in [-0.3, -0.25) is 9.59 Å². The SMILES string of the molecule is CCOC(=O)Oc1ccc(C(=O)NC2CCN(C(=O)CCc3cccc(C)c3)CC2)cc1. The zero-order valence-corrected chi connectivity index (χ0v) is 18.6. The summed E-state index contributed by atoms with van der Waals surface area (Å²) in [6.07, 6.45) is 1.93. The number of hydrogen-bond acceptors (Lipinski definition) is 5. The number of nitrogens with one attached hydrogen (secondary N) is 1. The van der Waals surface area contributed by atoms with Gasteiger partial charge < -0.3 is 19.7 Å². The molecule has 2 aromatic rings. The van der Waals surface area contributed by atoms with Gasteiger partial charge in [0, 0.05) is 31.1 Å². The third-order valence-electron chi connectivity index (χ3n) is 5.47. The molecule has 2 aromatic carbocycles. The van der Waals surface area contributed by atoms with Crippen molar-refractivity contribution >= 4 is 18.0 Å². The molecular formula is C25H30N2O5. The van der Waals surface area contributed by atoms with Gasteiger partial charge >= 0.3 is 6.16 Å². The van der Waals surface area contributed by atoms with Crippen LogP contribution < -0.4 is 10.1 Å². The summed E-state index contributed by atoms with van der Waals surface area (Å²) in [4.78, 5) is 38.3. The van der Waals surface area contributed by atoms with Gasteiger partial charge in [-0.1, -0.05) is 29.8 Å². The fourth-order valence-electron chi connectivity index (χ4n) is 3.74. The van der Waals surface area contributed by atoms with Crippen LogP contribution in [-0.2, 0) is 16.0 Å². The smallest absolute Gasteiger partial charge is 0.434 e. The number of amides is 2. The molecule has 0 atom stereocenters. The lowest BCUT2D eigenvalue weighted by atomic mass is 10.0. The van der Waals surface area contributed by atoms with Gasteiger partial charge in [0.25, 0.3) is 5.91 Å². The normalized spacial score (nSPS) is 14.0. The van der Waals surface area contributed by atoms with Crippen LogP contribution in [0.2, 0.25) is 0 Å². The van der Waals surface area contributed by atoms with Crippen molar-refractivity contribution in [1.29, 1.82) is 0 Å². The molecule has 2 amide bonds. The molecule has 1 aliphatic heterocycles. The second kappa shape index (κ2) is 11.3. The second-order valence-electron chi connectivity index (χ2n) is 7.93. The van der Waals surface area contributed by atoms with Crippen LogP contribution >= 0.6 is 0 Å². The fourth-order valence-corrected chi connectivity index (χ4v) is 3.74. The average Bonchev–Trinajstić information content (AvgIpc) is 2.78. The van der Waals surface area contributed by atoms with Crippen molar-refractivity contribution in [3.05, 3.63) is 65.2 Å². The van der Waals surface area contributed by atoms with Crippen LogP contribution in [0.4, 0.5) is 4.79 Å². The molecule has 0 unspecified atom stereocenters. The van der Waals surface area contributed by atoms with Gasteiger partial charge in [-0.25, -0.2) is 4.79 Å². The number of carbonyl (C=O) groups is 3. The van der Waals surface area contributed by atoms with Crippen molar-refractivity contribution in [2.45, 2.75) is 45.6 Å². The minimum Gasteiger partial charge on any atom is -0.434 e. The first-order valence-electron chi connectivity index (χ1n) is 11.0. The Hall–Kier alpha value is -3.35. The maximum atomic E-state index is 12.5. The lowest BCUT2D eigenvalue weighted by Gasteiger charge is -2.32. The van der Waals surface area contributed by atoms with Crippen molar-refractivity contribution in [2.75, 3.05) is 19.7 Å². The van der Waals surface area contributed by atoms with E-state index in [1.807, 2.05) is 11.0 Å². The van der Waals surface area contributed by atoms with E-state index < -0.39 is 6.16 Å². The summed E-state index contributed by atoms with van der Waals surface area (Å²) in [5.74, 6) is 0.294. The van der Waals surface area contributed by atoms with Crippen molar-refractivity contribution in [2.24, 2.45) is 0 Å². The van der Waals surface area contributed by atoms with Crippen LogP contribution in [0.25, 0.3) is 0 Å². The molecule has 170 valence electrons. The predicted molar refractivity (Wildman–Crippen MR) is 121 cm³/mol. The highest BCUT2D eigenvalue weighted by molar-refractivity contribution is 5.94. The van der Waals surface area contributed by atoms with Crippen LogP contribution in [0.1, 0.15) is 47.7 Å². The molecule has 3 rings (SSSR count). The lowest BCUT2D eigenvalue weighted by Crippen LogP contribution is -2.46. The summed E-state index contributed by atoms with van der Waals surface area (Å²) >= 11 is 0. The van der Waals surface area contributed by atoms with Gasteiger partial charge in [-0.2, -0.15) is 0 Å². The second-order valence-corrected chi connectivity index (χ2v) is 7.93. The third kappa shape index (κ3) is 6.83. The van der Waals surface area contributed by atoms with Gasteiger partial charge in [0.15, 0.2) is 0 Å². The maximum Gasteiger partial charge on any atom is 0.513 e. The molecule has 0 radical (unpaired) electrons. The largest absolute Gasteiger partial charge is 0.513 e. The Bertz CT molecular complexity index is 934. The van der Waals surface area contributed by atoms with Crippen LogP contribution in [0, 0.1) is 6.92 Å². The maximum absolute atomic E-state index is 12.5. The number of hydrogen-bond donors (Lipinski definition) is 1. The first-order chi connectivity index (χ1) is 15.4. The molecule has 0 saturated carbocycles. The summed E-state index contributed by atoms with van der Waals surface area (Å²) < 4.78 is 9.72. The molecule has 1 saturated heterocycles. The Morgan fingerprint density at radius 3 is 2.44 bits per heavy atom. The number of benzene rings is 2. The van der Waals surface area contributed by atoms with Gasteiger partial charge in [0.1, 0.15) is 5.75 Å². The molecule has 1 heterocycles. The molecule has 1 fully saturated rings. The zero-order chi connectivity index (χ0) is 22.9. The van der Waals surface area contributed by atoms with E-state index in [-0.39, 0.29) is 24.5 Å². The number of aryl methyl sites for hydroxylation is 2. The first kappa shape index (κ1) is 23.3. The molecule has 1 aliphatic rings. The summed E-state index contributed by atoms with van der Waals surface area (Å²) in [6, 6.07) is 14.6. The van der Waals surface area contributed by atoms with E-state index in [1.54, 1.807) is 31.2 Å². The van der Waals surface area contributed by atoms with E-state index in [2.05, 4.69) is 30.4 Å². The highest BCUT2D eigenvalue weighted by atomic mass is 16.7. The van der Waals surface area contributed by atoms with Crippen molar-refractivity contribution in [3.8, 4) is 5.75 Å². The van der Waals surface area contributed by atoms with E-state index in [9.17, 15) is 14.4 Å². The molecule has 7 nitrogen and oxygen atoms in total. The number of rotatable bonds is 7. The van der Waals surface area contributed by atoms with Gasteiger partial charge in [0.05, 0.1) is 6.61 Å². The minimum absolute atomic E-state index is 0.0266. The van der Waals surface area contributed by atoms with E-state index in [0.717, 1.165) is 19.3 Å². The summed E-state index contributed by atoms with van der Waals surface area (Å²) in [7, 11) is 0. The van der Waals surface area contributed by atoms with E-state index in [1.165, 1.54) is 11.1 Å². The summed E-state index contributed by atoms with van der Waals surface area (Å²) in [6.45, 7) is 5.26. The van der Waals surface area contributed by atoms with Crippen molar-refractivity contribution in [1.82, 2.24) is 10.2 Å². The summed E-state index contributed by atoms with van der Waals surface area (Å²) in [5, 5.41) is 3.03. The van der Waals surface area contributed by atoms with E-state index in [0.29, 0.717) is 30.8 Å². The average molecular weight is 439 g/mol. The molecule has 32 heavy (non-hydrogen) atoms. The molecule has 0 aliphatic carbocycles. The Balaban J connectivity index is 1.41. The monoisotopic (exact) mass is 438 g/mol. The van der Waals surface area contributed by atoms with Crippen LogP contribution in [0.5, 0.6) is 5.75 Å². The minimum atomic E-state index is -0.773. The number of piperidine rings is 1. The Labute approximate surface area is 188 Å². The van der Waals surface area contributed by atoms with E-state index >= 15 is 0 Å². The highest BCUT2D eigenvalue weighted by Crippen LogP contribution is 2.16. The van der Waals surface area contributed by atoms with Crippen molar-refractivity contribution in [3.63, 3.8) is 0 Å². The molecule has 0 aromatic heterocycles. The van der Waals surface area contributed by atoms with Crippen LogP contribution in [-0.4, -0.2) is 48.6 Å². The standard InChI is InChI=1S/C25H30N2O5/c1-3-31-25(30)32-22-10-8-20(9-11-22)24(29)26-21-13-15-27(16-14-21)23(28)12-7-19-6-4-5-18(2)17-19/h4-6,8-11,17,21H,3,7,12-16H2,1-2H3,(H,26,29). The Kier molecular flexibility index (Phi) is 8.25. The Morgan fingerprint density at radius 1 is 1.06 bits per heavy atom. The first-order valence-corrected chi connectivity index (χ1v) is 11.0.